The number of piperidine rings is 1. The van der Waals surface area contributed by atoms with Crippen molar-refractivity contribution in [2.45, 2.75) is 52.1 Å². The summed E-state index contributed by atoms with van der Waals surface area (Å²) in [5.74, 6) is 1.01. The third kappa shape index (κ3) is 3.35. The molecule has 2 rings (SSSR count). The fourth-order valence-corrected chi connectivity index (χ4v) is 3.28. The standard InChI is InChI=1S/C16H29N5/c1-5-13-14(10-17)16(19-18-15(13)6-2)21-9-7-8-12(11-21)20(3)4/h12H,5-11,17H2,1-4H3. The van der Waals surface area contributed by atoms with Gasteiger partial charge in [0.05, 0.1) is 5.69 Å². The highest BCUT2D eigenvalue weighted by Crippen LogP contribution is 2.26. The van der Waals surface area contributed by atoms with Crippen LogP contribution in [0.5, 0.6) is 0 Å². The van der Waals surface area contributed by atoms with Gasteiger partial charge in [-0.1, -0.05) is 13.8 Å². The lowest BCUT2D eigenvalue weighted by Gasteiger charge is -2.37. The monoisotopic (exact) mass is 291 g/mol. The van der Waals surface area contributed by atoms with Gasteiger partial charge >= 0.3 is 0 Å². The maximum absolute atomic E-state index is 6.05. The number of anilines is 1. The van der Waals surface area contributed by atoms with Gasteiger partial charge < -0.3 is 15.5 Å². The van der Waals surface area contributed by atoms with E-state index in [-0.39, 0.29) is 0 Å². The first-order valence-corrected chi connectivity index (χ1v) is 8.11. The van der Waals surface area contributed by atoms with Crippen molar-refractivity contribution in [3.8, 4) is 0 Å². The Labute approximate surface area is 128 Å². The number of nitrogens with zero attached hydrogens (tertiary/aromatic N) is 4. The molecule has 2 heterocycles. The number of hydrogen-bond acceptors (Lipinski definition) is 5. The SMILES string of the molecule is CCc1nnc(N2CCCC(N(C)C)C2)c(CN)c1CC. The maximum Gasteiger partial charge on any atom is 0.156 e. The molecule has 0 radical (unpaired) electrons. The number of aromatic nitrogens is 2. The topological polar surface area (TPSA) is 58.3 Å². The number of likely N-dealkylation sites (N-methyl/N-ethyl adjacent to an activating group) is 1. The van der Waals surface area contributed by atoms with Crippen molar-refractivity contribution in [1.82, 2.24) is 15.1 Å². The van der Waals surface area contributed by atoms with Crippen LogP contribution in [0.15, 0.2) is 0 Å². The first-order valence-electron chi connectivity index (χ1n) is 8.11. The van der Waals surface area contributed by atoms with Crippen LogP contribution in [0.1, 0.15) is 43.5 Å². The van der Waals surface area contributed by atoms with Crippen molar-refractivity contribution in [2.24, 2.45) is 5.73 Å². The van der Waals surface area contributed by atoms with E-state index in [1.807, 2.05) is 0 Å². The molecule has 1 aromatic heterocycles. The average Bonchev–Trinajstić information content (AvgIpc) is 2.53. The summed E-state index contributed by atoms with van der Waals surface area (Å²) in [5, 5.41) is 8.98. The molecule has 21 heavy (non-hydrogen) atoms. The Kier molecular flexibility index (Phi) is 5.53. The van der Waals surface area contributed by atoms with E-state index in [0.29, 0.717) is 12.6 Å². The summed E-state index contributed by atoms with van der Waals surface area (Å²) in [6.45, 7) is 6.93. The first kappa shape index (κ1) is 16.2. The molecule has 1 aliphatic rings. The molecular formula is C16H29N5. The molecule has 0 amide bonds. The number of hydrogen-bond donors (Lipinski definition) is 1. The molecule has 5 nitrogen and oxygen atoms in total. The number of nitrogens with two attached hydrogens (primary N) is 1. The molecule has 5 heteroatoms. The summed E-state index contributed by atoms with van der Waals surface area (Å²) < 4.78 is 0. The molecule has 0 aliphatic carbocycles. The molecular weight excluding hydrogens is 262 g/mol. The summed E-state index contributed by atoms with van der Waals surface area (Å²) in [5.41, 5.74) is 9.65. The average molecular weight is 291 g/mol. The van der Waals surface area contributed by atoms with Crippen LogP contribution < -0.4 is 10.6 Å². The third-order valence-corrected chi connectivity index (χ3v) is 4.57. The Morgan fingerprint density at radius 3 is 2.52 bits per heavy atom. The Balaban J connectivity index is 2.34. The van der Waals surface area contributed by atoms with Gasteiger partial charge in [-0.3, -0.25) is 0 Å². The predicted octanol–water partition coefficient (Wildman–Crippen LogP) is 1.59. The summed E-state index contributed by atoms with van der Waals surface area (Å²) in [4.78, 5) is 4.69. The highest BCUT2D eigenvalue weighted by molar-refractivity contribution is 5.51. The molecule has 118 valence electrons. The van der Waals surface area contributed by atoms with Crippen molar-refractivity contribution in [3.63, 3.8) is 0 Å². The zero-order valence-corrected chi connectivity index (χ0v) is 13.9. The minimum Gasteiger partial charge on any atom is -0.353 e. The molecule has 0 aromatic carbocycles. The third-order valence-electron chi connectivity index (χ3n) is 4.57. The Morgan fingerprint density at radius 2 is 1.95 bits per heavy atom. The van der Waals surface area contributed by atoms with E-state index in [4.69, 9.17) is 5.73 Å². The quantitative estimate of drug-likeness (QED) is 0.893. The molecule has 1 unspecified atom stereocenters. The zero-order chi connectivity index (χ0) is 15.4. The summed E-state index contributed by atoms with van der Waals surface area (Å²) in [6, 6.07) is 0.585. The van der Waals surface area contributed by atoms with E-state index in [9.17, 15) is 0 Å². The molecule has 0 saturated carbocycles. The van der Waals surface area contributed by atoms with Crippen LogP contribution in [0, 0.1) is 0 Å². The summed E-state index contributed by atoms with van der Waals surface area (Å²) in [6.07, 6.45) is 4.35. The van der Waals surface area contributed by atoms with E-state index in [1.165, 1.54) is 24.0 Å². The van der Waals surface area contributed by atoms with E-state index in [1.54, 1.807) is 0 Å². The molecule has 0 spiro atoms. The van der Waals surface area contributed by atoms with Gasteiger partial charge in [0.1, 0.15) is 0 Å². The smallest absolute Gasteiger partial charge is 0.156 e. The Hall–Kier alpha value is -1.20. The van der Waals surface area contributed by atoms with Crippen LogP contribution >= 0.6 is 0 Å². The number of rotatable bonds is 5. The second-order valence-electron chi connectivity index (χ2n) is 6.04. The minimum absolute atomic E-state index is 0.546. The predicted molar refractivity (Wildman–Crippen MR) is 87.6 cm³/mol. The normalized spacial score (nSPS) is 19.3. The van der Waals surface area contributed by atoms with Gasteiger partial charge in [-0.15, -0.1) is 5.10 Å². The van der Waals surface area contributed by atoms with Gasteiger partial charge in [-0.05, 0) is 45.3 Å². The highest BCUT2D eigenvalue weighted by atomic mass is 15.3. The molecule has 1 aliphatic heterocycles. The second-order valence-corrected chi connectivity index (χ2v) is 6.04. The lowest BCUT2D eigenvalue weighted by atomic mass is 10.0. The highest BCUT2D eigenvalue weighted by Gasteiger charge is 2.25. The molecule has 1 aromatic rings. The molecule has 2 N–H and O–H groups in total. The van der Waals surface area contributed by atoms with Gasteiger partial charge in [-0.2, -0.15) is 5.10 Å². The lowest BCUT2D eigenvalue weighted by Crippen LogP contribution is -2.46. The minimum atomic E-state index is 0.546. The van der Waals surface area contributed by atoms with Crippen LogP contribution in [-0.4, -0.2) is 48.3 Å². The maximum atomic E-state index is 6.05. The van der Waals surface area contributed by atoms with Gasteiger partial charge in [-0.25, -0.2) is 0 Å². The van der Waals surface area contributed by atoms with Crippen LogP contribution in [0.25, 0.3) is 0 Å². The van der Waals surface area contributed by atoms with E-state index >= 15 is 0 Å². The Morgan fingerprint density at radius 1 is 1.19 bits per heavy atom. The van der Waals surface area contributed by atoms with Crippen molar-refractivity contribution >= 4 is 5.82 Å². The fraction of sp³-hybridized carbons (Fsp3) is 0.750. The second kappa shape index (κ2) is 7.18. The zero-order valence-electron chi connectivity index (χ0n) is 13.9. The molecule has 0 bridgehead atoms. The summed E-state index contributed by atoms with van der Waals surface area (Å²) >= 11 is 0. The van der Waals surface area contributed by atoms with Crippen molar-refractivity contribution in [3.05, 3.63) is 16.8 Å². The van der Waals surface area contributed by atoms with Crippen molar-refractivity contribution < 1.29 is 0 Å². The van der Waals surface area contributed by atoms with Gasteiger partial charge in [0.2, 0.25) is 0 Å². The summed E-state index contributed by atoms with van der Waals surface area (Å²) in [7, 11) is 4.31. The van der Waals surface area contributed by atoms with Crippen LogP contribution in [-0.2, 0) is 19.4 Å². The fourth-order valence-electron chi connectivity index (χ4n) is 3.28. The molecule has 1 saturated heterocycles. The molecule has 1 fully saturated rings. The Bertz CT molecular complexity index is 472. The van der Waals surface area contributed by atoms with Gasteiger partial charge in [0, 0.05) is 31.2 Å². The van der Waals surface area contributed by atoms with Crippen molar-refractivity contribution in [1.29, 1.82) is 0 Å². The lowest BCUT2D eigenvalue weighted by molar-refractivity contribution is 0.257. The van der Waals surface area contributed by atoms with Gasteiger partial charge in [0.25, 0.3) is 0 Å². The van der Waals surface area contributed by atoms with Crippen LogP contribution in [0.4, 0.5) is 5.82 Å². The van der Waals surface area contributed by atoms with Crippen molar-refractivity contribution in [2.75, 3.05) is 32.1 Å². The van der Waals surface area contributed by atoms with E-state index in [2.05, 4.69) is 47.9 Å². The number of aryl methyl sites for hydroxylation is 1. The van der Waals surface area contributed by atoms with E-state index < -0.39 is 0 Å². The largest absolute Gasteiger partial charge is 0.353 e. The van der Waals surface area contributed by atoms with Crippen LogP contribution in [0.2, 0.25) is 0 Å². The van der Waals surface area contributed by atoms with Crippen LogP contribution in [0.3, 0.4) is 0 Å². The first-order chi connectivity index (χ1) is 10.1. The van der Waals surface area contributed by atoms with Gasteiger partial charge in [0.15, 0.2) is 5.82 Å². The molecule has 1 atom stereocenters. The van der Waals surface area contributed by atoms with E-state index in [0.717, 1.165) is 37.4 Å².